The van der Waals surface area contributed by atoms with Gasteiger partial charge in [0.1, 0.15) is 17.6 Å². The molecule has 2 aromatic rings. The van der Waals surface area contributed by atoms with Crippen molar-refractivity contribution in [1.29, 1.82) is 0 Å². The van der Waals surface area contributed by atoms with Crippen molar-refractivity contribution in [2.24, 2.45) is 0 Å². The molecule has 0 spiro atoms. The number of hydrogen-bond acceptors (Lipinski definition) is 6. The number of nitrogens with zero attached hydrogens (tertiary/aromatic N) is 2. The van der Waals surface area contributed by atoms with E-state index in [-0.39, 0.29) is 12.1 Å². The summed E-state index contributed by atoms with van der Waals surface area (Å²) in [5.41, 5.74) is 0. The van der Waals surface area contributed by atoms with Crippen LogP contribution in [0.2, 0.25) is 0 Å². The number of aromatic nitrogens is 2. The second-order valence-electron chi connectivity index (χ2n) is 4.48. The van der Waals surface area contributed by atoms with Crippen LogP contribution in [0, 0.1) is 6.92 Å². The lowest BCUT2D eigenvalue weighted by Gasteiger charge is -2.08. The third kappa shape index (κ3) is 3.42. The molecule has 6 nitrogen and oxygen atoms in total. The normalized spacial score (nSPS) is 14.5. The van der Waals surface area contributed by atoms with E-state index in [1.54, 1.807) is 7.11 Å². The van der Waals surface area contributed by atoms with Crippen molar-refractivity contribution in [2.75, 3.05) is 7.11 Å². The molecule has 2 atom stereocenters. The van der Waals surface area contributed by atoms with Gasteiger partial charge < -0.3 is 13.7 Å². The van der Waals surface area contributed by atoms with Crippen LogP contribution in [0.4, 0.5) is 0 Å². The summed E-state index contributed by atoms with van der Waals surface area (Å²) in [4.78, 5) is 4.26. The molecule has 0 unspecified atom stereocenters. The Morgan fingerprint density at radius 2 is 2.16 bits per heavy atom. The summed E-state index contributed by atoms with van der Waals surface area (Å²) in [5, 5.41) is 7.14. The van der Waals surface area contributed by atoms with Gasteiger partial charge in [-0.25, -0.2) is 0 Å². The van der Waals surface area contributed by atoms with Gasteiger partial charge in [0, 0.05) is 7.11 Å². The molecular formula is C13H19N3O3. The number of nitrogens with one attached hydrogen (secondary N) is 1. The SMILES string of the molecule is CO[C@H](C)c1noc(CN[C@@H](C)c2ccc(C)o2)n1. The third-order valence-corrected chi connectivity index (χ3v) is 2.95. The molecule has 0 aliphatic heterocycles. The quantitative estimate of drug-likeness (QED) is 0.865. The van der Waals surface area contributed by atoms with Gasteiger partial charge in [0.05, 0.1) is 12.6 Å². The smallest absolute Gasteiger partial charge is 0.240 e. The average molecular weight is 265 g/mol. The predicted octanol–water partition coefficient (Wildman–Crippen LogP) is 2.53. The largest absolute Gasteiger partial charge is 0.465 e. The van der Waals surface area contributed by atoms with Crippen molar-refractivity contribution in [3.63, 3.8) is 0 Å². The van der Waals surface area contributed by atoms with E-state index in [2.05, 4.69) is 15.5 Å². The topological polar surface area (TPSA) is 73.3 Å². The fourth-order valence-corrected chi connectivity index (χ4v) is 1.64. The molecule has 6 heteroatoms. The second-order valence-corrected chi connectivity index (χ2v) is 4.48. The minimum atomic E-state index is -0.164. The van der Waals surface area contributed by atoms with Gasteiger partial charge >= 0.3 is 0 Å². The third-order valence-electron chi connectivity index (χ3n) is 2.95. The predicted molar refractivity (Wildman–Crippen MR) is 68.4 cm³/mol. The lowest BCUT2D eigenvalue weighted by molar-refractivity contribution is 0.109. The monoisotopic (exact) mass is 265 g/mol. The van der Waals surface area contributed by atoms with Gasteiger partial charge in [0.2, 0.25) is 5.89 Å². The summed E-state index contributed by atoms with van der Waals surface area (Å²) in [5.74, 6) is 2.88. The van der Waals surface area contributed by atoms with Crippen LogP contribution in [0.15, 0.2) is 21.1 Å². The molecule has 0 fully saturated rings. The molecule has 2 heterocycles. The highest BCUT2D eigenvalue weighted by Crippen LogP contribution is 2.16. The highest BCUT2D eigenvalue weighted by Gasteiger charge is 2.14. The van der Waals surface area contributed by atoms with Crippen molar-refractivity contribution in [3.8, 4) is 0 Å². The molecule has 0 aliphatic rings. The van der Waals surface area contributed by atoms with E-state index < -0.39 is 0 Å². The number of furan rings is 1. The maximum atomic E-state index is 5.55. The first-order valence-corrected chi connectivity index (χ1v) is 6.25. The molecule has 104 valence electrons. The van der Waals surface area contributed by atoms with Gasteiger partial charge in [-0.15, -0.1) is 0 Å². The zero-order valence-corrected chi connectivity index (χ0v) is 11.6. The molecule has 0 saturated heterocycles. The first-order chi connectivity index (χ1) is 9.10. The van der Waals surface area contributed by atoms with Crippen molar-refractivity contribution >= 4 is 0 Å². The molecule has 0 amide bonds. The van der Waals surface area contributed by atoms with E-state index in [9.17, 15) is 0 Å². The molecule has 19 heavy (non-hydrogen) atoms. The average Bonchev–Trinajstić information content (AvgIpc) is 3.04. The fourth-order valence-electron chi connectivity index (χ4n) is 1.64. The minimum absolute atomic E-state index is 0.0869. The highest BCUT2D eigenvalue weighted by atomic mass is 16.5. The van der Waals surface area contributed by atoms with Gasteiger partial charge in [0.25, 0.3) is 0 Å². The lowest BCUT2D eigenvalue weighted by Crippen LogP contribution is -2.17. The van der Waals surface area contributed by atoms with Crippen molar-refractivity contribution in [2.45, 2.75) is 39.5 Å². The molecule has 1 N–H and O–H groups in total. The zero-order chi connectivity index (χ0) is 13.8. The van der Waals surface area contributed by atoms with Gasteiger partial charge in [0.15, 0.2) is 5.82 Å². The molecule has 0 radical (unpaired) electrons. The highest BCUT2D eigenvalue weighted by molar-refractivity contribution is 5.08. The van der Waals surface area contributed by atoms with Crippen LogP contribution < -0.4 is 5.32 Å². The van der Waals surface area contributed by atoms with Gasteiger partial charge in [-0.3, -0.25) is 5.32 Å². The Hall–Kier alpha value is -1.66. The van der Waals surface area contributed by atoms with Crippen LogP contribution in [0.3, 0.4) is 0 Å². The van der Waals surface area contributed by atoms with Gasteiger partial charge in [-0.05, 0) is 32.9 Å². The number of ether oxygens (including phenoxy) is 1. The summed E-state index contributed by atoms with van der Waals surface area (Å²) >= 11 is 0. The number of hydrogen-bond donors (Lipinski definition) is 1. The van der Waals surface area contributed by atoms with E-state index in [0.717, 1.165) is 11.5 Å². The Kier molecular flexibility index (Phi) is 4.34. The maximum absolute atomic E-state index is 5.55. The molecular weight excluding hydrogens is 246 g/mol. The summed E-state index contributed by atoms with van der Waals surface area (Å²) in [6, 6.07) is 3.99. The Morgan fingerprint density at radius 3 is 2.79 bits per heavy atom. The standard InChI is InChI=1S/C13H19N3O3/c1-8-5-6-11(18-8)9(2)14-7-12-15-13(16-19-12)10(3)17-4/h5-6,9-10,14H,7H2,1-4H3/t9-,10+/m0/s1. The Labute approximate surface area is 112 Å². The Morgan fingerprint density at radius 1 is 1.37 bits per heavy atom. The first kappa shape index (κ1) is 13.8. The van der Waals surface area contributed by atoms with Crippen molar-refractivity contribution < 1.29 is 13.7 Å². The summed E-state index contributed by atoms with van der Waals surface area (Å²) < 4.78 is 15.8. The van der Waals surface area contributed by atoms with Crippen LogP contribution in [0.25, 0.3) is 0 Å². The Balaban J connectivity index is 1.90. The molecule has 0 bridgehead atoms. The second kappa shape index (κ2) is 5.99. The van der Waals surface area contributed by atoms with E-state index in [1.165, 1.54) is 0 Å². The fraction of sp³-hybridized carbons (Fsp3) is 0.538. The van der Waals surface area contributed by atoms with Gasteiger partial charge in [-0.2, -0.15) is 4.98 Å². The number of aryl methyl sites for hydroxylation is 1. The van der Waals surface area contributed by atoms with Crippen LogP contribution in [0.5, 0.6) is 0 Å². The van der Waals surface area contributed by atoms with Crippen LogP contribution in [0.1, 0.15) is 49.2 Å². The summed E-state index contributed by atoms with van der Waals surface area (Å²) in [6.07, 6.45) is -0.164. The molecule has 2 rings (SSSR count). The van der Waals surface area contributed by atoms with Gasteiger partial charge in [-0.1, -0.05) is 5.16 Å². The summed E-state index contributed by atoms with van der Waals surface area (Å²) in [6.45, 7) is 6.31. The van der Waals surface area contributed by atoms with E-state index in [1.807, 2.05) is 32.9 Å². The first-order valence-electron chi connectivity index (χ1n) is 6.25. The van der Waals surface area contributed by atoms with E-state index in [4.69, 9.17) is 13.7 Å². The molecule has 0 saturated carbocycles. The van der Waals surface area contributed by atoms with Crippen molar-refractivity contribution in [1.82, 2.24) is 15.5 Å². The van der Waals surface area contributed by atoms with E-state index in [0.29, 0.717) is 18.3 Å². The van der Waals surface area contributed by atoms with Crippen LogP contribution in [-0.4, -0.2) is 17.3 Å². The van der Waals surface area contributed by atoms with Crippen LogP contribution in [-0.2, 0) is 11.3 Å². The molecule has 2 aromatic heterocycles. The lowest BCUT2D eigenvalue weighted by atomic mass is 10.2. The minimum Gasteiger partial charge on any atom is -0.465 e. The number of rotatable bonds is 6. The van der Waals surface area contributed by atoms with E-state index >= 15 is 0 Å². The Bertz CT molecular complexity index is 521. The molecule has 0 aliphatic carbocycles. The van der Waals surface area contributed by atoms with Crippen LogP contribution >= 0.6 is 0 Å². The maximum Gasteiger partial charge on any atom is 0.240 e. The number of methoxy groups -OCH3 is 1. The summed E-state index contributed by atoms with van der Waals surface area (Å²) in [7, 11) is 1.61. The molecule has 0 aromatic carbocycles. The van der Waals surface area contributed by atoms with Crippen molar-refractivity contribution in [3.05, 3.63) is 35.4 Å². The zero-order valence-electron chi connectivity index (χ0n) is 11.6.